The van der Waals surface area contributed by atoms with Gasteiger partial charge in [0.05, 0.1) is 20.3 Å². The van der Waals surface area contributed by atoms with Crippen molar-refractivity contribution < 1.29 is 14.3 Å². The number of hydrogen-bond donors (Lipinski definition) is 1. The number of morpholine rings is 1. The summed E-state index contributed by atoms with van der Waals surface area (Å²) < 4.78 is 12.3. The predicted molar refractivity (Wildman–Crippen MR) is 121 cm³/mol. The second kappa shape index (κ2) is 8.68. The van der Waals surface area contributed by atoms with Crippen LogP contribution in [0.15, 0.2) is 66.9 Å². The Labute approximate surface area is 185 Å². The second-order valence-corrected chi connectivity index (χ2v) is 7.46. The van der Waals surface area contributed by atoms with E-state index in [0.29, 0.717) is 37.8 Å². The molecule has 0 saturated carbocycles. The molecule has 1 fully saturated rings. The quantitative estimate of drug-likeness (QED) is 0.522. The Balaban J connectivity index is 1.35. The Bertz CT molecular complexity index is 1230. The van der Waals surface area contributed by atoms with E-state index in [1.54, 1.807) is 11.6 Å². The third-order valence-corrected chi connectivity index (χ3v) is 5.45. The van der Waals surface area contributed by atoms with Crippen LogP contribution < -0.4 is 10.1 Å². The fourth-order valence-electron chi connectivity index (χ4n) is 3.73. The van der Waals surface area contributed by atoms with E-state index in [0.717, 1.165) is 28.2 Å². The van der Waals surface area contributed by atoms with Gasteiger partial charge < -0.3 is 19.7 Å². The van der Waals surface area contributed by atoms with Crippen LogP contribution >= 0.6 is 0 Å². The Morgan fingerprint density at radius 1 is 1.03 bits per heavy atom. The van der Waals surface area contributed by atoms with Crippen molar-refractivity contribution in [1.82, 2.24) is 19.5 Å². The summed E-state index contributed by atoms with van der Waals surface area (Å²) in [5.74, 6) is 1.31. The maximum absolute atomic E-state index is 12.6. The lowest BCUT2D eigenvalue weighted by atomic mass is 10.1. The molecule has 2 aromatic heterocycles. The SMILES string of the molecule is COc1ccc(-c2cccn3nc(Nc4ccc(C(=O)N5CCOCC5)cc4)nc23)cc1. The summed E-state index contributed by atoms with van der Waals surface area (Å²) in [4.78, 5) is 19.1. The lowest BCUT2D eigenvalue weighted by molar-refractivity contribution is 0.0303. The van der Waals surface area contributed by atoms with Gasteiger partial charge in [-0.2, -0.15) is 4.98 Å². The number of nitrogens with one attached hydrogen (secondary N) is 1. The summed E-state index contributed by atoms with van der Waals surface area (Å²) in [5, 5.41) is 7.77. The van der Waals surface area contributed by atoms with Gasteiger partial charge in [0, 0.05) is 36.1 Å². The van der Waals surface area contributed by atoms with Gasteiger partial charge in [-0.15, -0.1) is 5.10 Å². The first-order valence-electron chi connectivity index (χ1n) is 10.5. The summed E-state index contributed by atoms with van der Waals surface area (Å²) in [6, 6.07) is 19.2. The smallest absolute Gasteiger partial charge is 0.254 e. The average molecular weight is 429 g/mol. The number of pyridine rings is 1. The molecule has 162 valence electrons. The number of aromatic nitrogens is 3. The van der Waals surface area contributed by atoms with Crippen LogP contribution in [0.5, 0.6) is 5.75 Å². The summed E-state index contributed by atoms with van der Waals surface area (Å²) in [6.07, 6.45) is 1.87. The summed E-state index contributed by atoms with van der Waals surface area (Å²) >= 11 is 0. The zero-order valence-corrected chi connectivity index (χ0v) is 17.7. The van der Waals surface area contributed by atoms with Crippen molar-refractivity contribution in [1.29, 1.82) is 0 Å². The molecule has 1 aliphatic heterocycles. The van der Waals surface area contributed by atoms with Crippen molar-refractivity contribution in [2.24, 2.45) is 0 Å². The number of carbonyl (C=O) groups excluding carboxylic acids is 1. The van der Waals surface area contributed by atoms with Gasteiger partial charge in [0.25, 0.3) is 5.91 Å². The Morgan fingerprint density at radius 3 is 2.50 bits per heavy atom. The summed E-state index contributed by atoms with van der Waals surface area (Å²) in [6.45, 7) is 2.42. The van der Waals surface area contributed by atoms with E-state index in [1.165, 1.54) is 0 Å². The van der Waals surface area contributed by atoms with E-state index >= 15 is 0 Å². The van der Waals surface area contributed by atoms with E-state index in [-0.39, 0.29) is 5.91 Å². The van der Waals surface area contributed by atoms with Gasteiger partial charge in [-0.1, -0.05) is 12.1 Å². The molecular weight excluding hydrogens is 406 g/mol. The number of ether oxygens (including phenoxy) is 2. The minimum Gasteiger partial charge on any atom is -0.497 e. The first kappa shape index (κ1) is 20.0. The largest absolute Gasteiger partial charge is 0.497 e. The lowest BCUT2D eigenvalue weighted by Gasteiger charge is -2.26. The lowest BCUT2D eigenvalue weighted by Crippen LogP contribution is -2.40. The van der Waals surface area contributed by atoms with Crippen LogP contribution in [0.4, 0.5) is 11.6 Å². The molecule has 0 radical (unpaired) electrons. The zero-order chi connectivity index (χ0) is 21.9. The van der Waals surface area contributed by atoms with Crippen LogP contribution in [0.3, 0.4) is 0 Å². The van der Waals surface area contributed by atoms with Crippen LogP contribution in [0, 0.1) is 0 Å². The van der Waals surface area contributed by atoms with Gasteiger partial charge in [-0.25, -0.2) is 4.52 Å². The van der Waals surface area contributed by atoms with Gasteiger partial charge in [0.15, 0.2) is 5.65 Å². The maximum Gasteiger partial charge on any atom is 0.254 e. The Kier molecular flexibility index (Phi) is 5.43. The monoisotopic (exact) mass is 429 g/mol. The van der Waals surface area contributed by atoms with Gasteiger partial charge in [-0.3, -0.25) is 4.79 Å². The molecular formula is C24H23N5O3. The molecule has 0 bridgehead atoms. The van der Waals surface area contributed by atoms with Crippen molar-refractivity contribution in [2.75, 3.05) is 38.7 Å². The number of methoxy groups -OCH3 is 1. The van der Waals surface area contributed by atoms with E-state index in [1.807, 2.05) is 71.8 Å². The molecule has 0 atom stereocenters. The molecule has 0 spiro atoms. The molecule has 1 N–H and O–H groups in total. The van der Waals surface area contributed by atoms with Crippen molar-refractivity contribution in [3.05, 3.63) is 72.4 Å². The molecule has 4 aromatic rings. The molecule has 32 heavy (non-hydrogen) atoms. The maximum atomic E-state index is 12.6. The summed E-state index contributed by atoms with van der Waals surface area (Å²) in [5.41, 5.74) is 4.22. The van der Waals surface area contributed by atoms with Gasteiger partial charge in [0.1, 0.15) is 5.75 Å². The number of fused-ring (bicyclic) bond motifs is 1. The molecule has 1 amide bonds. The molecule has 0 unspecified atom stereocenters. The van der Waals surface area contributed by atoms with E-state index in [9.17, 15) is 4.79 Å². The fraction of sp³-hybridized carbons (Fsp3) is 0.208. The third kappa shape index (κ3) is 4.00. The van der Waals surface area contributed by atoms with Crippen molar-refractivity contribution >= 4 is 23.2 Å². The second-order valence-electron chi connectivity index (χ2n) is 7.46. The number of rotatable bonds is 5. The fourth-order valence-corrected chi connectivity index (χ4v) is 3.73. The van der Waals surface area contributed by atoms with Gasteiger partial charge in [0.2, 0.25) is 5.95 Å². The highest BCUT2D eigenvalue weighted by Gasteiger charge is 2.18. The van der Waals surface area contributed by atoms with Gasteiger partial charge >= 0.3 is 0 Å². The topological polar surface area (TPSA) is 81.0 Å². The molecule has 2 aromatic carbocycles. The van der Waals surface area contributed by atoms with E-state index in [2.05, 4.69) is 15.4 Å². The third-order valence-electron chi connectivity index (χ3n) is 5.45. The minimum atomic E-state index is 0.0230. The Morgan fingerprint density at radius 2 is 1.78 bits per heavy atom. The average Bonchev–Trinajstić information content (AvgIpc) is 3.27. The van der Waals surface area contributed by atoms with Crippen molar-refractivity contribution in [2.45, 2.75) is 0 Å². The van der Waals surface area contributed by atoms with Crippen LogP contribution in [-0.4, -0.2) is 58.8 Å². The summed E-state index contributed by atoms with van der Waals surface area (Å²) in [7, 11) is 1.65. The zero-order valence-electron chi connectivity index (χ0n) is 17.7. The van der Waals surface area contributed by atoms with Crippen LogP contribution in [-0.2, 0) is 4.74 Å². The molecule has 1 saturated heterocycles. The number of hydrogen-bond acceptors (Lipinski definition) is 6. The van der Waals surface area contributed by atoms with Crippen molar-refractivity contribution in [3.8, 4) is 16.9 Å². The number of carbonyl (C=O) groups is 1. The van der Waals surface area contributed by atoms with Crippen molar-refractivity contribution in [3.63, 3.8) is 0 Å². The standard InChI is InChI=1S/C24H23N5O3/c1-31-20-10-6-17(7-11-20)21-3-2-12-29-22(21)26-24(27-29)25-19-8-4-18(5-9-19)23(30)28-13-15-32-16-14-28/h2-12H,13-16H2,1H3,(H,25,27). The highest BCUT2D eigenvalue weighted by molar-refractivity contribution is 5.94. The number of amides is 1. The van der Waals surface area contributed by atoms with Crippen LogP contribution in [0.25, 0.3) is 16.8 Å². The molecule has 8 heteroatoms. The van der Waals surface area contributed by atoms with E-state index in [4.69, 9.17) is 9.47 Å². The molecule has 8 nitrogen and oxygen atoms in total. The normalized spacial score (nSPS) is 13.8. The Hall–Kier alpha value is -3.91. The first-order valence-corrected chi connectivity index (χ1v) is 10.5. The highest BCUT2D eigenvalue weighted by Crippen LogP contribution is 2.26. The van der Waals surface area contributed by atoms with Crippen LogP contribution in [0.2, 0.25) is 0 Å². The predicted octanol–water partition coefficient (Wildman–Crippen LogP) is 3.62. The molecule has 0 aliphatic carbocycles. The van der Waals surface area contributed by atoms with Gasteiger partial charge in [-0.05, 0) is 54.1 Å². The molecule has 5 rings (SSSR count). The van der Waals surface area contributed by atoms with E-state index < -0.39 is 0 Å². The number of anilines is 2. The number of nitrogens with zero attached hydrogens (tertiary/aromatic N) is 4. The highest BCUT2D eigenvalue weighted by atomic mass is 16.5. The minimum absolute atomic E-state index is 0.0230. The first-order chi connectivity index (χ1) is 15.7. The van der Waals surface area contributed by atoms with Crippen LogP contribution in [0.1, 0.15) is 10.4 Å². The molecule has 1 aliphatic rings. The number of benzene rings is 2. The molecule has 3 heterocycles.